The van der Waals surface area contributed by atoms with Crippen molar-refractivity contribution < 1.29 is 14.6 Å². The van der Waals surface area contributed by atoms with Crippen LogP contribution in [0.5, 0.6) is 11.6 Å². The van der Waals surface area contributed by atoms with Crippen molar-refractivity contribution in [2.24, 2.45) is 0 Å². The molecule has 0 saturated heterocycles. The fourth-order valence-electron chi connectivity index (χ4n) is 2.54. The molecule has 0 fully saturated rings. The molecule has 1 aromatic heterocycles. The molecule has 6 heteroatoms. The van der Waals surface area contributed by atoms with Crippen molar-refractivity contribution in [2.45, 2.75) is 13.3 Å². The Kier molecular flexibility index (Phi) is 5.52. The number of hydrogen-bond acceptors (Lipinski definition) is 4. The van der Waals surface area contributed by atoms with Crippen LogP contribution in [0.15, 0.2) is 61.2 Å². The van der Waals surface area contributed by atoms with Crippen molar-refractivity contribution in [1.82, 2.24) is 9.97 Å². The number of aromatic carboxylic acids is 1. The van der Waals surface area contributed by atoms with Crippen molar-refractivity contribution in [1.29, 1.82) is 0 Å². The third-order valence-corrected chi connectivity index (χ3v) is 4.19. The van der Waals surface area contributed by atoms with Crippen LogP contribution < -0.4 is 4.74 Å². The summed E-state index contributed by atoms with van der Waals surface area (Å²) in [7, 11) is 0. The van der Waals surface area contributed by atoms with Crippen LogP contribution in [0, 0.1) is 6.92 Å². The molecule has 0 spiro atoms. The van der Waals surface area contributed by atoms with Gasteiger partial charge < -0.3 is 9.84 Å². The number of halogens is 1. The van der Waals surface area contributed by atoms with E-state index in [1.165, 1.54) is 12.1 Å². The summed E-state index contributed by atoms with van der Waals surface area (Å²) in [5.74, 6) is 0.437. The van der Waals surface area contributed by atoms with E-state index in [0.29, 0.717) is 28.9 Å². The quantitative estimate of drug-likeness (QED) is 0.585. The molecular weight excluding hydrogens is 364 g/mol. The number of benzene rings is 2. The molecule has 3 aromatic rings. The molecule has 0 atom stereocenters. The van der Waals surface area contributed by atoms with Gasteiger partial charge in [-0.3, -0.25) is 0 Å². The Morgan fingerprint density at radius 3 is 2.41 bits per heavy atom. The lowest BCUT2D eigenvalue weighted by molar-refractivity contribution is 0.0697. The highest BCUT2D eigenvalue weighted by molar-refractivity contribution is 6.30. The summed E-state index contributed by atoms with van der Waals surface area (Å²) < 4.78 is 5.95. The molecule has 1 heterocycles. The predicted octanol–water partition coefficient (Wildman–Crippen LogP) is 5.32. The Bertz CT molecular complexity index is 984. The lowest BCUT2D eigenvalue weighted by Gasteiger charge is -2.13. The summed E-state index contributed by atoms with van der Waals surface area (Å²) in [5.41, 5.74) is 2.62. The van der Waals surface area contributed by atoms with Gasteiger partial charge in [0.2, 0.25) is 5.88 Å². The maximum Gasteiger partial charge on any atom is 0.335 e. The van der Waals surface area contributed by atoms with E-state index in [1.807, 2.05) is 19.1 Å². The van der Waals surface area contributed by atoms with E-state index < -0.39 is 5.97 Å². The zero-order valence-electron chi connectivity index (χ0n) is 14.6. The van der Waals surface area contributed by atoms with Crippen molar-refractivity contribution in [3.05, 3.63) is 83.0 Å². The Morgan fingerprint density at radius 1 is 1.15 bits per heavy atom. The van der Waals surface area contributed by atoms with Crippen molar-refractivity contribution >= 4 is 17.6 Å². The molecule has 0 bridgehead atoms. The molecule has 3 rings (SSSR count). The molecule has 0 aliphatic heterocycles. The minimum atomic E-state index is -0.989. The first-order valence-electron chi connectivity index (χ1n) is 8.23. The second kappa shape index (κ2) is 8.01. The van der Waals surface area contributed by atoms with Gasteiger partial charge in [0.15, 0.2) is 5.82 Å². The number of aryl methyl sites for hydroxylation is 1. The fourth-order valence-corrected chi connectivity index (χ4v) is 2.66. The molecular formula is C21H17ClN2O3. The monoisotopic (exact) mass is 380 g/mol. The van der Waals surface area contributed by atoms with E-state index in [1.54, 1.807) is 30.3 Å². The van der Waals surface area contributed by atoms with Crippen LogP contribution in [-0.2, 0) is 6.42 Å². The third kappa shape index (κ3) is 4.33. The standard InChI is InChI=1S/C21H17ClN2O3/c1-3-4-18-13(2)23-19(14-5-9-16(22)10-6-14)24-20(18)27-17-11-7-15(8-12-17)21(25)26/h3,5-12H,1,4H2,2H3,(H,25,26). The molecule has 0 saturated carbocycles. The van der Waals surface area contributed by atoms with E-state index in [2.05, 4.69) is 16.5 Å². The number of hydrogen-bond donors (Lipinski definition) is 1. The van der Waals surface area contributed by atoms with Gasteiger partial charge in [0.05, 0.1) is 5.56 Å². The van der Waals surface area contributed by atoms with Gasteiger partial charge in [-0.25, -0.2) is 9.78 Å². The summed E-state index contributed by atoms with van der Waals surface area (Å²) in [5, 5.41) is 9.65. The van der Waals surface area contributed by atoms with Crippen molar-refractivity contribution in [3.63, 3.8) is 0 Å². The average molecular weight is 381 g/mol. The minimum absolute atomic E-state index is 0.189. The molecule has 0 radical (unpaired) electrons. The number of ether oxygens (including phenoxy) is 1. The smallest absolute Gasteiger partial charge is 0.335 e. The number of aromatic nitrogens is 2. The molecule has 2 aromatic carbocycles. The summed E-state index contributed by atoms with van der Waals surface area (Å²) in [6.07, 6.45) is 2.31. The Hall–Kier alpha value is -3.18. The second-order valence-electron chi connectivity index (χ2n) is 5.85. The Morgan fingerprint density at radius 2 is 1.81 bits per heavy atom. The number of allylic oxidation sites excluding steroid dienone is 1. The summed E-state index contributed by atoms with van der Waals surface area (Å²) in [6, 6.07) is 13.4. The predicted molar refractivity (Wildman–Crippen MR) is 105 cm³/mol. The zero-order chi connectivity index (χ0) is 19.4. The van der Waals surface area contributed by atoms with Crippen LogP contribution in [-0.4, -0.2) is 21.0 Å². The van der Waals surface area contributed by atoms with Gasteiger partial charge in [-0.2, -0.15) is 4.98 Å². The number of nitrogens with zero attached hydrogens (tertiary/aromatic N) is 2. The van der Waals surface area contributed by atoms with Gasteiger partial charge in [-0.1, -0.05) is 17.7 Å². The normalized spacial score (nSPS) is 10.4. The third-order valence-electron chi connectivity index (χ3n) is 3.94. The lowest BCUT2D eigenvalue weighted by Crippen LogP contribution is -2.03. The van der Waals surface area contributed by atoms with E-state index in [4.69, 9.17) is 21.4 Å². The first kappa shape index (κ1) is 18.6. The topological polar surface area (TPSA) is 72.3 Å². The molecule has 136 valence electrons. The van der Waals surface area contributed by atoms with Crippen LogP contribution in [0.2, 0.25) is 5.02 Å². The second-order valence-corrected chi connectivity index (χ2v) is 6.28. The van der Waals surface area contributed by atoms with Gasteiger partial charge in [0.1, 0.15) is 5.75 Å². The van der Waals surface area contributed by atoms with Gasteiger partial charge in [-0.15, -0.1) is 6.58 Å². The summed E-state index contributed by atoms with van der Waals surface area (Å²) >= 11 is 5.95. The molecule has 0 aliphatic rings. The minimum Gasteiger partial charge on any atom is -0.478 e. The number of rotatable bonds is 6. The maximum absolute atomic E-state index is 11.0. The largest absolute Gasteiger partial charge is 0.478 e. The SMILES string of the molecule is C=CCc1c(C)nc(-c2ccc(Cl)cc2)nc1Oc1ccc(C(=O)O)cc1. The maximum atomic E-state index is 11.0. The van der Waals surface area contributed by atoms with Crippen LogP contribution in [0.25, 0.3) is 11.4 Å². The molecule has 5 nitrogen and oxygen atoms in total. The van der Waals surface area contributed by atoms with Crippen LogP contribution >= 0.6 is 11.6 Å². The van der Waals surface area contributed by atoms with E-state index in [9.17, 15) is 4.79 Å². The average Bonchev–Trinajstić information content (AvgIpc) is 2.65. The Balaban J connectivity index is 2.01. The number of carboxylic acid groups (broad SMARTS) is 1. The number of carboxylic acids is 1. The highest BCUT2D eigenvalue weighted by Gasteiger charge is 2.14. The molecule has 0 unspecified atom stereocenters. The van der Waals surface area contributed by atoms with E-state index in [-0.39, 0.29) is 5.56 Å². The fraction of sp³-hybridized carbons (Fsp3) is 0.0952. The van der Waals surface area contributed by atoms with Gasteiger partial charge in [0, 0.05) is 21.8 Å². The molecule has 0 amide bonds. The number of carbonyl (C=O) groups is 1. The van der Waals surface area contributed by atoms with Crippen molar-refractivity contribution in [3.8, 4) is 23.0 Å². The zero-order valence-corrected chi connectivity index (χ0v) is 15.4. The highest BCUT2D eigenvalue weighted by Crippen LogP contribution is 2.29. The van der Waals surface area contributed by atoms with Crippen LogP contribution in [0.3, 0.4) is 0 Å². The van der Waals surface area contributed by atoms with Gasteiger partial charge in [0.25, 0.3) is 0 Å². The lowest BCUT2D eigenvalue weighted by atomic mass is 10.1. The van der Waals surface area contributed by atoms with E-state index in [0.717, 1.165) is 16.8 Å². The Labute approximate surface area is 161 Å². The van der Waals surface area contributed by atoms with Crippen LogP contribution in [0.1, 0.15) is 21.6 Å². The molecule has 27 heavy (non-hydrogen) atoms. The highest BCUT2D eigenvalue weighted by atomic mass is 35.5. The first-order valence-corrected chi connectivity index (χ1v) is 8.61. The van der Waals surface area contributed by atoms with Crippen molar-refractivity contribution in [2.75, 3.05) is 0 Å². The summed E-state index contributed by atoms with van der Waals surface area (Å²) in [4.78, 5) is 20.1. The molecule has 0 aliphatic carbocycles. The first-order chi connectivity index (χ1) is 13.0. The van der Waals surface area contributed by atoms with Gasteiger partial charge in [-0.05, 0) is 61.9 Å². The van der Waals surface area contributed by atoms with Crippen LogP contribution in [0.4, 0.5) is 0 Å². The van der Waals surface area contributed by atoms with E-state index >= 15 is 0 Å². The van der Waals surface area contributed by atoms with Gasteiger partial charge >= 0.3 is 5.97 Å². The summed E-state index contributed by atoms with van der Waals surface area (Å²) in [6.45, 7) is 5.66. The molecule has 1 N–H and O–H groups in total.